The van der Waals surface area contributed by atoms with Gasteiger partial charge in [0.15, 0.2) is 0 Å². The SMILES string of the molecule is COCCOc1cc2ncnc(Nc3ccc(Oc4ccccc4)c(C)c3)c2cc1C#CC1CCCNC1. The number of anilines is 2. The van der Waals surface area contributed by atoms with Gasteiger partial charge in [-0.05, 0) is 68.3 Å². The average Bonchev–Trinajstić information content (AvgIpc) is 2.95. The van der Waals surface area contributed by atoms with Gasteiger partial charge < -0.3 is 24.8 Å². The molecule has 1 saturated heterocycles. The number of aryl methyl sites for hydroxylation is 1. The Labute approximate surface area is 223 Å². The zero-order valence-corrected chi connectivity index (χ0v) is 21.8. The first-order valence-corrected chi connectivity index (χ1v) is 12.9. The number of fused-ring (bicyclic) bond motifs is 1. The second-order valence-corrected chi connectivity index (χ2v) is 9.26. The molecular formula is C31H32N4O3. The predicted molar refractivity (Wildman–Crippen MR) is 150 cm³/mol. The highest BCUT2D eigenvalue weighted by molar-refractivity contribution is 5.93. The van der Waals surface area contributed by atoms with E-state index in [2.05, 4.69) is 32.4 Å². The van der Waals surface area contributed by atoms with Crippen LogP contribution in [0.15, 0.2) is 67.0 Å². The largest absolute Gasteiger partial charge is 0.490 e. The molecule has 0 saturated carbocycles. The van der Waals surface area contributed by atoms with Crippen molar-refractivity contribution in [3.63, 3.8) is 0 Å². The fourth-order valence-electron chi connectivity index (χ4n) is 4.38. The summed E-state index contributed by atoms with van der Waals surface area (Å²) in [6.45, 7) is 4.94. The quantitative estimate of drug-likeness (QED) is 0.228. The van der Waals surface area contributed by atoms with Gasteiger partial charge in [0, 0.05) is 36.7 Å². The monoisotopic (exact) mass is 508 g/mol. The number of hydrogen-bond donors (Lipinski definition) is 2. The molecule has 1 atom stereocenters. The van der Waals surface area contributed by atoms with E-state index >= 15 is 0 Å². The zero-order chi connectivity index (χ0) is 26.2. The van der Waals surface area contributed by atoms with Crippen LogP contribution >= 0.6 is 0 Å². The Bertz CT molecular complexity index is 1440. The molecule has 4 aromatic rings. The number of benzene rings is 3. The van der Waals surface area contributed by atoms with E-state index in [0.717, 1.165) is 65.1 Å². The molecule has 7 heteroatoms. The molecule has 7 nitrogen and oxygen atoms in total. The fourth-order valence-corrected chi connectivity index (χ4v) is 4.38. The number of nitrogens with one attached hydrogen (secondary N) is 2. The highest BCUT2D eigenvalue weighted by Gasteiger charge is 2.13. The van der Waals surface area contributed by atoms with Crippen molar-refractivity contribution < 1.29 is 14.2 Å². The molecule has 2 N–H and O–H groups in total. The first kappa shape index (κ1) is 25.5. The number of rotatable bonds is 8. The van der Waals surface area contributed by atoms with Crippen LogP contribution in [-0.4, -0.2) is 43.4 Å². The number of hydrogen-bond acceptors (Lipinski definition) is 7. The number of methoxy groups -OCH3 is 1. The van der Waals surface area contributed by atoms with Crippen molar-refractivity contribution in [3.05, 3.63) is 78.1 Å². The van der Waals surface area contributed by atoms with Crippen LogP contribution in [0.5, 0.6) is 17.2 Å². The maximum absolute atomic E-state index is 6.03. The van der Waals surface area contributed by atoms with Crippen LogP contribution in [0.2, 0.25) is 0 Å². The maximum atomic E-state index is 6.03. The van der Waals surface area contributed by atoms with E-state index in [1.807, 2.05) is 67.6 Å². The van der Waals surface area contributed by atoms with Crippen molar-refractivity contribution in [2.75, 3.05) is 38.7 Å². The lowest BCUT2D eigenvalue weighted by atomic mass is 9.99. The molecule has 0 radical (unpaired) electrons. The van der Waals surface area contributed by atoms with E-state index < -0.39 is 0 Å². The van der Waals surface area contributed by atoms with Gasteiger partial charge in [0.2, 0.25) is 0 Å². The molecule has 3 aromatic carbocycles. The third kappa shape index (κ3) is 6.41. The molecule has 1 aromatic heterocycles. The standard InChI is InChI=1S/C31H32N4O3/c1-22-17-25(12-13-29(22)38-26-8-4-3-5-9-26)35-31-27-18-24(11-10-23-7-6-14-32-20-23)30(37-16-15-36-2)19-28(27)33-21-34-31/h3-5,8-9,12-13,17-19,21,23,32H,6-7,14-16,20H2,1-2H3,(H,33,34,35). The molecule has 0 aliphatic carbocycles. The Balaban J connectivity index is 1.43. The molecule has 5 rings (SSSR count). The highest BCUT2D eigenvalue weighted by atomic mass is 16.5. The Morgan fingerprint density at radius 2 is 1.92 bits per heavy atom. The molecule has 1 aliphatic heterocycles. The predicted octanol–water partition coefficient (Wildman–Crippen LogP) is 5.85. The summed E-state index contributed by atoms with van der Waals surface area (Å²) in [6.07, 6.45) is 3.81. The molecule has 194 valence electrons. The second kappa shape index (κ2) is 12.4. The summed E-state index contributed by atoms with van der Waals surface area (Å²) in [4.78, 5) is 9.05. The molecule has 0 spiro atoms. The van der Waals surface area contributed by atoms with Crippen LogP contribution in [0.25, 0.3) is 10.9 Å². The van der Waals surface area contributed by atoms with Crippen LogP contribution in [-0.2, 0) is 4.74 Å². The minimum atomic E-state index is 0.329. The smallest absolute Gasteiger partial charge is 0.141 e. The Hall–Kier alpha value is -4.12. The van der Waals surface area contributed by atoms with Gasteiger partial charge in [-0.15, -0.1) is 0 Å². The summed E-state index contributed by atoms with van der Waals surface area (Å²) >= 11 is 0. The lowest BCUT2D eigenvalue weighted by Crippen LogP contribution is -2.28. The van der Waals surface area contributed by atoms with E-state index in [9.17, 15) is 0 Å². The lowest BCUT2D eigenvalue weighted by Gasteiger charge is -2.17. The number of nitrogens with zero attached hydrogens (tertiary/aromatic N) is 2. The molecule has 0 bridgehead atoms. The topological polar surface area (TPSA) is 77.5 Å². The Kier molecular flexibility index (Phi) is 8.34. The van der Waals surface area contributed by atoms with Gasteiger partial charge in [0.1, 0.15) is 36.0 Å². The lowest BCUT2D eigenvalue weighted by molar-refractivity contribution is 0.146. The molecular weight excluding hydrogens is 476 g/mol. The molecule has 0 amide bonds. The summed E-state index contributed by atoms with van der Waals surface area (Å²) in [7, 11) is 1.66. The zero-order valence-electron chi connectivity index (χ0n) is 21.8. The van der Waals surface area contributed by atoms with E-state index in [0.29, 0.717) is 30.7 Å². The molecule has 1 aliphatic rings. The highest BCUT2D eigenvalue weighted by Crippen LogP contribution is 2.32. The number of para-hydroxylation sites is 1. The van der Waals surface area contributed by atoms with Gasteiger partial charge in [-0.2, -0.15) is 0 Å². The minimum Gasteiger partial charge on any atom is -0.490 e. The van der Waals surface area contributed by atoms with Gasteiger partial charge in [-0.25, -0.2) is 9.97 Å². The maximum Gasteiger partial charge on any atom is 0.141 e. The van der Waals surface area contributed by atoms with Crippen LogP contribution in [0.4, 0.5) is 11.5 Å². The second-order valence-electron chi connectivity index (χ2n) is 9.26. The van der Waals surface area contributed by atoms with Crippen LogP contribution in [0.1, 0.15) is 24.0 Å². The van der Waals surface area contributed by atoms with Gasteiger partial charge in [-0.1, -0.05) is 30.0 Å². The molecule has 1 unspecified atom stereocenters. The Morgan fingerprint density at radius 3 is 2.71 bits per heavy atom. The third-order valence-corrected chi connectivity index (χ3v) is 6.40. The third-order valence-electron chi connectivity index (χ3n) is 6.40. The minimum absolute atomic E-state index is 0.329. The van der Waals surface area contributed by atoms with Gasteiger partial charge >= 0.3 is 0 Å². The van der Waals surface area contributed by atoms with E-state index in [1.165, 1.54) is 0 Å². The summed E-state index contributed by atoms with van der Waals surface area (Å²) < 4.78 is 17.2. The molecule has 38 heavy (non-hydrogen) atoms. The van der Waals surface area contributed by atoms with Crippen LogP contribution in [0, 0.1) is 24.7 Å². The number of aromatic nitrogens is 2. The summed E-state index contributed by atoms with van der Waals surface area (Å²) in [5, 5.41) is 7.76. The fraction of sp³-hybridized carbons (Fsp3) is 0.290. The van der Waals surface area contributed by atoms with Crippen molar-refractivity contribution in [3.8, 4) is 29.1 Å². The summed E-state index contributed by atoms with van der Waals surface area (Å²) in [5.74, 6) is 10.2. The van der Waals surface area contributed by atoms with Crippen molar-refractivity contribution >= 4 is 22.4 Å². The van der Waals surface area contributed by atoms with Crippen molar-refractivity contribution in [1.29, 1.82) is 0 Å². The summed E-state index contributed by atoms with van der Waals surface area (Å²) in [6, 6.07) is 19.7. The van der Waals surface area contributed by atoms with Crippen LogP contribution in [0.3, 0.4) is 0 Å². The van der Waals surface area contributed by atoms with Crippen molar-refractivity contribution in [2.45, 2.75) is 19.8 Å². The van der Waals surface area contributed by atoms with E-state index in [-0.39, 0.29) is 0 Å². The van der Waals surface area contributed by atoms with Crippen molar-refractivity contribution in [1.82, 2.24) is 15.3 Å². The van der Waals surface area contributed by atoms with E-state index in [1.54, 1.807) is 13.4 Å². The van der Waals surface area contributed by atoms with E-state index in [4.69, 9.17) is 14.2 Å². The average molecular weight is 509 g/mol. The first-order chi connectivity index (χ1) is 18.7. The van der Waals surface area contributed by atoms with Gasteiger partial charge in [0.05, 0.1) is 17.7 Å². The molecule has 2 heterocycles. The van der Waals surface area contributed by atoms with Gasteiger partial charge in [-0.3, -0.25) is 0 Å². The van der Waals surface area contributed by atoms with Gasteiger partial charge in [0.25, 0.3) is 0 Å². The Morgan fingerprint density at radius 1 is 1.03 bits per heavy atom. The molecule has 1 fully saturated rings. The normalized spacial score (nSPS) is 14.9. The van der Waals surface area contributed by atoms with Crippen molar-refractivity contribution in [2.24, 2.45) is 5.92 Å². The number of piperidine rings is 1. The van der Waals surface area contributed by atoms with Crippen LogP contribution < -0.4 is 20.1 Å². The first-order valence-electron chi connectivity index (χ1n) is 12.9. The number of ether oxygens (including phenoxy) is 3. The summed E-state index contributed by atoms with van der Waals surface area (Å²) in [5.41, 5.74) is 3.52.